The van der Waals surface area contributed by atoms with E-state index in [1.54, 1.807) is 11.0 Å². The molecule has 0 radical (unpaired) electrons. The zero-order valence-electron chi connectivity index (χ0n) is 13.5. The number of nitriles is 1. The number of hydrogen-bond acceptors (Lipinski definition) is 3. The molecule has 6 heteroatoms. The normalized spacial score (nSPS) is 17.5. The number of carbonyl (C=O) groups is 1. The summed E-state index contributed by atoms with van der Waals surface area (Å²) in [4.78, 5) is 13.7. The van der Waals surface area contributed by atoms with Crippen molar-refractivity contribution in [1.82, 2.24) is 4.90 Å². The first-order chi connectivity index (χ1) is 10.6. The molecular weight excluding hydrogens is 363 g/mol. The van der Waals surface area contributed by atoms with Crippen LogP contribution in [0.4, 0.5) is 9.18 Å². The average Bonchev–Trinajstić information content (AvgIpc) is 2.44. The molecule has 0 unspecified atom stereocenters. The quantitative estimate of drug-likeness (QED) is 0.723. The number of likely N-dealkylation sites (tertiary alicyclic amines) is 1. The first-order valence-electron chi connectivity index (χ1n) is 7.51. The van der Waals surface area contributed by atoms with Gasteiger partial charge in [-0.25, -0.2) is 9.18 Å². The molecular formula is C17H20BrFN2O2. The zero-order chi connectivity index (χ0) is 17.3. The fraction of sp³-hybridized carbons (Fsp3) is 0.529. The van der Waals surface area contributed by atoms with E-state index in [2.05, 4.69) is 22.0 Å². The van der Waals surface area contributed by atoms with Gasteiger partial charge in [-0.3, -0.25) is 0 Å². The van der Waals surface area contributed by atoms with Gasteiger partial charge < -0.3 is 9.64 Å². The minimum atomic E-state index is -0.775. The molecule has 0 saturated carbocycles. The van der Waals surface area contributed by atoms with E-state index in [4.69, 9.17) is 4.74 Å². The molecule has 23 heavy (non-hydrogen) atoms. The fourth-order valence-corrected chi connectivity index (χ4v) is 3.16. The molecule has 1 aromatic carbocycles. The predicted octanol–water partition coefficient (Wildman–Crippen LogP) is 4.38. The lowest BCUT2D eigenvalue weighted by Crippen LogP contribution is -2.46. The first kappa shape index (κ1) is 17.7. The Hall–Kier alpha value is -1.61. The van der Waals surface area contributed by atoms with Crippen LogP contribution in [0.2, 0.25) is 0 Å². The Morgan fingerprint density at radius 1 is 1.35 bits per heavy atom. The number of halogens is 2. The summed E-state index contributed by atoms with van der Waals surface area (Å²) < 4.78 is 19.6. The maximum absolute atomic E-state index is 13.7. The van der Waals surface area contributed by atoms with Gasteiger partial charge in [0, 0.05) is 17.6 Å². The number of benzene rings is 1. The number of piperidine rings is 1. The summed E-state index contributed by atoms with van der Waals surface area (Å²) in [6, 6.07) is 6.87. The van der Waals surface area contributed by atoms with E-state index in [0.29, 0.717) is 36.0 Å². The molecule has 1 aromatic rings. The number of carbonyl (C=O) groups excluding carboxylic acids is 1. The van der Waals surface area contributed by atoms with Gasteiger partial charge >= 0.3 is 6.09 Å². The molecule has 124 valence electrons. The van der Waals surface area contributed by atoms with Crippen molar-refractivity contribution in [2.75, 3.05) is 13.1 Å². The van der Waals surface area contributed by atoms with Crippen LogP contribution in [-0.4, -0.2) is 29.7 Å². The van der Waals surface area contributed by atoms with Crippen LogP contribution in [0.25, 0.3) is 0 Å². The minimum Gasteiger partial charge on any atom is -0.444 e. The molecule has 2 rings (SSSR count). The maximum atomic E-state index is 13.7. The van der Waals surface area contributed by atoms with Gasteiger partial charge in [0.1, 0.15) is 11.4 Å². The number of rotatable bonds is 1. The van der Waals surface area contributed by atoms with Gasteiger partial charge in [0.15, 0.2) is 0 Å². The molecule has 1 amide bonds. The van der Waals surface area contributed by atoms with Crippen molar-refractivity contribution in [1.29, 1.82) is 5.26 Å². The second kappa shape index (κ2) is 6.48. The highest BCUT2D eigenvalue weighted by atomic mass is 79.9. The fourth-order valence-electron chi connectivity index (χ4n) is 2.69. The zero-order valence-corrected chi connectivity index (χ0v) is 15.1. The van der Waals surface area contributed by atoms with Crippen LogP contribution in [0.15, 0.2) is 22.7 Å². The summed E-state index contributed by atoms with van der Waals surface area (Å²) in [5.74, 6) is -0.376. The van der Waals surface area contributed by atoms with Gasteiger partial charge in [-0.15, -0.1) is 0 Å². The molecule has 1 saturated heterocycles. The molecule has 0 aliphatic carbocycles. The van der Waals surface area contributed by atoms with E-state index >= 15 is 0 Å². The molecule has 1 heterocycles. The Bertz CT molecular complexity index is 621. The van der Waals surface area contributed by atoms with Gasteiger partial charge in [-0.05, 0) is 57.4 Å². The molecule has 0 atom stereocenters. The highest BCUT2D eigenvalue weighted by molar-refractivity contribution is 9.10. The van der Waals surface area contributed by atoms with Crippen molar-refractivity contribution in [3.8, 4) is 6.07 Å². The van der Waals surface area contributed by atoms with E-state index in [1.165, 1.54) is 12.1 Å². The van der Waals surface area contributed by atoms with Gasteiger partial charge in [-0.1, -0.05) is 15.9 Å². The third-order valence-corrected chi connectivity index (χ3v) is 4.36. The molecule has 0 bridgehead atoms. The van der Waals surface area contributed by atoms with Crippen molar-refractivity contribution < 1.29 is 13.9 Å². The highest BCUT2D eigenvalue weighted by Crippen LogP contribution is 2.37. The Kier molecular flexibility index (Phi) is 5.00. The van der Waals surface area contributed by atoms with E-state index in [-0.39, 0.29) is 11.9 Å². The van der Waals surface area contributed by atoms with E-state index < -0.39 is 11.0 Å². The van der Waals surface area contributed by atoms with Crippen LogP contribution in [0.5, 0.6) is 0 Å². The summed E-state index contributed by atoms with van der Waals surface area (Å²) in [7, 11) is 0. The Balaban J connectivity index is 2.14. The summed E-state index contributed by atoms with van der Waals surface area (Å²) in [5.41, 5.74) is -0.673. The average molecular weight is 383 g/mol. The van der Waals surface area contributed by atoms with Crippen LogP contribution in [-0.2, 0) is 10.2 Å². The summed E-state index contributed by atoms with van der Waals surface area (Å²) >= 11 is 3.27. The standard InChI is InChI=1S/C17H20BrFN2O2/c1-16(2,3)23-15(22)21-6-4-17(11-20,5-7-21)12-8-13(18)10-14(19)9-12/h8-10H,4-7H2,1-3H3. The predicted molar refractivity (Wildman–Crippen MR) is 88.4 cm³/mol. The highest BCUT2D eigenvalue weighted by Gasteiger charge is 2.39. The van der Waals surface area contributed by atoms with Gasteiger partial charge in [0.25, 0.3) is 0 Å². The molecule has 4 nitrogen and oxygen atoms in total. The number of hydrogen-bond donors (Lipinski definition) is 0. The Labute approximate surface area is 144 Å². The van der Waals surface area contributed by atoms with Crippen LogP contribution >= 0.6 is 15.9 Å². The second-order valence-electron chi connectivity index (χ2n) is 6.82. The van der Waals surface area contributed by atoms with E-state index in [9.17, 15) is 14.4 Å². The third kappa shape index (κ3) is 4.23. The van der Waals surface area contributed by atoms with Crippen molar-refractivity contribution in [2.45, 2.75) is 44.6 Å². The summed E-state index contributed by atoms with van der Waals surface area (Å²) in [5, 5.41) is 9.67. The molecule has 1 aliphatic rings. The van der Waals surface area contributed by atoms with Crippen molar-refractivity contribution in [2.24, 2.45) is 0 Å². The van der Waals surface area contributed by atoms with E-state index in [0.717, 1.165) is 0 Å². The lowest BCUT2D eigenvalue weighted by molar-refractivity contribution is 0.0185. The van der Waals surface area contributed by atoms with Gasteiger partial charge in [0.2, 0.25) is 0 Å². The van der Waals surface area contributed by atoms with Crippen molar-refractivity contribution >= 4 is 22.0 Å². The summed E-state index contributed by atoms with van der Waals surface area (Å²) in [6.45, 7) is 6.28. The number of amides is 1. The van der Waals surface area contributed by atoms with Crippen molar-refractivity contribution in [3.63, 3.8) is 0 Å². The van der Waals surface area contributed by atoms with Crippen LogP contribution in [0.1, 0.15) is 39.2 Å². The monoisotopic (exact) mass is 382 g/mol. The molecule has 1 aliphatic heterocycles. The van der Waals surface area contributed by atoms with E-state index in [1.807, 2.05) is 20.8 Å². The largest absolute Gasteiger partial charge is 0.444 e. The summed E-state index contributed by atoms with van der Waals surface area (Å²) in [6.07, 6.45) is 0.543. The molecule has 0 aromatic heterocycles. The maximum Gasteiger partial charge on any atom is 0.410 e. The molecule has 0 spiro atoms. The van der Waals surface area contributed by atoms with Crippen LogP contribution < -0.4 is 0 Å². The van der Waals surface area contributed by atoms with Gasteiger partial charge in [0.05, 0.1) is 11.5 Å². The third-order valence-electron chi connectivity index (χ3n) is 3.90. The van der Waals surface area contributed by atoms with Crippen LogP contribution in [0, 0.1) is 17.1 Å². The van der Waals surface area contributed by atoms with Crippen LogP contribution in [0.3, 0.4) is 0 Å². The lowest BCUT2D eigenvalue weighted by atomic mass is 9.74. The number of ether oxygens (including phenoxy) is 1. The number of nitrogens with zero attached hydrogens (tertiary/aromatic N) is 2. The second-order valence-corrected chi connectivity index (χ2v) is 7.74. The Morgan fingerprint density at radius 3 is 2.43 bits per heavy atom. The topological polar surface area (TPSA) is 53.3 Å². The molecule has 1 fully saturated rings. The van der Waals surface area contributed by atoms with Gasteiger partial charge in [-0.2, -0.15) is 5.26 Å². The first-order valence-corrected chi connectivity index (χ1v) is 8.30. The smallest absolute Gasteiger partial charge is 0.410 e. The Morgan fingerprint density at radius 2 is 1.96 bits per heavy atom. The minimum absolute atomic E-state index is 0.371. The SMILES string of the molecule is CC(C)(C)OC(=O)N1CCC(C#N)(c2cc(F)cc(Br)c2)CC1. The lowest BCUT2D eigenvalue weighted by Gasteiger charge is -2.38. The van der Waals surface area contributed by atoms with Crippen molar-refractivity contribution in [3.05, 3.63) is 34.1 Å². The molecule has 0 N–H and O–H groups in total.